The average molecular weight is 654 g/mol. The molecule has 0 unspecified atom stereocenters. The van der Waals surface area contributed by atoms with E-state index >= 15 is 0 Å². The van der Waals surface area contributed by atoms with Gasteiger partial charge >= 0.3 is 5.97 Å². The lowest BCUT2D eigenvalue weighted by Gasteiger charge is -2.31. The molecule has 0 radical (unpaired) electrons. The van der Waals surface area contributed by atoms with Crippen LogP contribution < -0.4 is 4.74 Å². The number of ether oxygens (including phenoxy) is 2. The number of rotatable bonds is 12. The SMILES string of the molecule is CCn1cncc1Cn1c(CN2CCC(Oc3cccc(CSCc4ccc(C#N)cc4F)n3)CC2)nc2ccc(C(=O)OC)cc21. The number of piperidine rings is 1. The van der Waals surface area contributed by atoms with Crippen molar-refractivity contribution in [2.45, 2.75) is 57.0 Å². The van der Waals surface area contributed by atoms with Gasteiger partial charge in [0.15, 0.2) is 0 Å². The van der Waals surface area contributed by atoms with Crippen LogP contribution in [0.15, 0.2) is 67.1 Å². The number of likely N-dealkylation sites (tertiary alicyclic amines) is 1. The van der Waals surface area contributed by atoms with Crippen molar-refractivity contribution in [2.24, 2.45) is 0 Å². The molecule has 2 aromatic carbocycles. The number of imidazole rings is 2. The van der Waals surface area contributed by atoms with E-state index < -0.39 is 0 Å². The van der Waals surface area contributed by atoms with Gasteiger partial charge in [-0.2, -0.15) is 17.0 Å². The Morgan fingerprint density at radius 2 is 1.94 bits per heavy atom. The second-order valence-electron chi connectivity index (χ2n) is 11.5. The van der Waals surface area contributed by atoms with Crippen molar-refractivity contribution in [1.29, 1.82) is 5.26 Å². The minimum absolute atomic E-state index is 0.0507. The number of nitriles is 1. The number of halogens is 1. The average Bonchev–Trinajstić information content (AvgIpc) is 3.69. The number of carbonyl (C=O) groups excluding carboxylic acids is 1. The third-order valence-corrected chi connectivity index (χ3v) is 9.38. The van der Waals surface area contributed by atoms with Gasteiger partial charge in [0.2, 0.25) is 5.88 Å². The predicted octanol–water partition coefficient (Wildman–Crippen LogP) is 5.97. The number of esters is 1. The molecule has 242 valence electrons. The van der Waals surface area contributed by atoms with Crippen LogP contribution in [0.1, 0.15) is 58.5 Å². The van der Waals surface area contributed by atoms with Gasteiger partial charge in [-0.15, -0.1) is 0 Å². The normalized spacial score (nSPS) is 13.9. The number of carbonyl (C=O) groups is 1. The van der Waals surface area contributed by atoms with Crippen LogP contribution in [0.25, 0.3) is 11.0 Å². The largest absolute Gasteiger partial charge is 0.474 e. The summed E-state index contributed by atoms with van der Waals surface area (Å²) in [6.45, 7) is 5.85. The summed E-state index contributed by atoms with van der Waals surface area (Å²) >= 11 is 1.57. The van der Waals surface area contributed by atoms with Crippen LogP contribution in [-0.4, -0.2) is 61.3 Å². The summed E-state index contributed by atoms with van der Waals surface area (Å²) in [5.74, 6) is 1.91. The second kappa shape index (κ2) is 14.8. The quantitative estimate of drug-likeness (QED) is 0.150. The number of hydrogen-bond acceptors (Lipinski definition) is 9. The first-order valence-corrected chi connectivity index (χ1v) is 16.8. The fourth-order valence-electron chi connectivity index (χ4n) is 5.80. The predicted molar refractivity (Wildman–Crippen MR) is 177 cm³/mol. The molecule has 5 aromatic rings. The number of thioether (sulfide) groups is 1. The smallest absolute Gasteiger partial charge is 0.337 e. The van der Waals surface area contributed by atoms with E-state index in [9.17, 15) is 9.18 Å². The van der Waals surface area contributed by atoms with Crippen molar-refractivity contribution in [3.8, 4) is 11.9 Å². The third-order valence-electron chi connectivity index (χ3n) is 8.37. The Labute approximate surface area is 277 Å². The van der Waals surface area contributed by atoms with E-state index in [0.29, 0.717) is 47.2 Å². The summed E-state index contributed by atoms with van der Waals surface area (Å²) in [5, 5.41) is 8.95. The van der Waals surface area contributed by atoms with E-state index in [1.165, 1.54) is 13.2 Å². The highest BCUT2D eigenvalue weighted by molar-refractivity contribution is 7.97. The van der Waals surface area contributed by atoms with E-state index in [4.69, 9.17) is 24.7 Å². The van der Waals surface area contributed by atoms with Gasteiger partial charge in [0.1, 0.15) is 17.7 Å². The molecular weight excluding hydrogens is 617 g/mol. The van der Waals surface area contributed by atoms with E-state index in [1.807, 2.05) is 48.9 Å². The number of benzene rings is 2. The van der Waals surface area contributed by atoms with Crippen LogP contribution in [0.5, 0.6) is 5.88 Å². The number of hydrogen-bond donors (Lipinski definition) is 0. The van der Waals surface area contributed by atoms with Gasteiger partial charge in [-0.05, 0) is 61.7 Å². The van der Waals surface area contributed by atoms with Crippen LogP contribution in [0.2, 0.25) is 0 Å². The van der Waals surface area contributed by atoms with Gasteiger partial charge in [0.25, 0.3) is 0 Å². The maximum absolute atomic E-state index is 14.2. The number of nitrogens with zero attached hydrogens (tertiary/aromatic N) is 7. The summed E-state index contributed by atoms with van der Waals surface area (Å²) in [6.07, 6.45) is 5.47. The topological polar surface area (TPSA) is 111 Å². The molecule has 0 bridgehead atoms. The number of pyridine rings is 1. The molecule has 0 saturated carbocycles. The summed E-state index contributed by atoms with van der Waals surface area (Å²) in [4.78, 5) is 28.7. The first-order chi connectivity index (χ1) is 22.9. The maximum atomic E-state index is 14.2. The zero-order valence-electron chi connectivity index (χ0n) is 26.4. The molecule has 0 atom stereocenters. The van der Waals surface area contributed by atoms with Crippen LogP contribution in [0.3, 0.4) is 0 Å². The van der Waals surface area contributed by atoms with Gasteiger partial charge in [0, 0.05) is 43.4 Å². The van der Waals surface area contributed by atoms with Crippen molar-refractivity contribution in [2.75, 3.05) is 20.2 Å². The fraction of sp³-hybridized carbons (Fsp3) is 0.343. The van der Waals surface area contributed by atoms with Crippen molar-refractivity contribution >= 4 is 28.8 Å². The van der Waals surface area contributed by atoms with E-state index in [2.05, 4.69) is 25.9 Å². The maximum Gasteiger partial charge on any atom is 0.337 e. The van der Waals surface area contributed by atoms with Crippen LogP contribution in [-0.2, 0) is 35.9 Å². The Morgan fingerprint density at radius 1 is 1.09 bits per heavy atom. The molecule has 1 fully saturated rings. The minimum Gasteiger partial charge on any atom is -0.474 e. The van der Waals surface area contributed by atoms with Gasteiger partial charge in [-0.3, -0.25) is 4.90 Å². The van der Waals surface area contributed by atoms with E-state index in [1.54, 1.807) is 30.0 Å². The van der Waals surface area contributed by atoms with Gasteiger partial charge in [-0.1, -0.05) is 12.1 Å². The van der Waals surface area contributed by atoms with Crippen molar-refractivity contribution in [3.05, 3.63) is 107 Å². The number of fused-ring (bicyclic) bond motifs is 1. The van der Waals surface area contributed by atoms with Gasteiger partial charge in [0.05, 0.1) is 66.1 Å². The summed E-state index contributed by atoms with van der Waals surface area (Å²) in [6, 6.07) is 17.8. The van der Waals surface area contributed by atoms with E-state index in [-0.39, 0.29) is 17.9 Å². The molecule has 10 nitrogen and oxygen atoms in total. The monoisotopic (exact) mass is 653 g/mol. The fourth-order valence-corrected chi connectivity index (χ4v) is 6.73. The Hall–Kier alpha value is -4.73. The van der Waals surface area contributed by atoms with Crippen LogP contribution in [0.4, 0.5) is 4.39 Å². The lowest BCUT2D eigenvalue weighted by atomic mass is 10.1. The molecule has 1 aliphatic rings. The lowest BCUT2D eigenvalue weighted by molar-refractivity contribution is 0.0601. The van der Waals surface area contributed by atoms with Crippen molar-refractivity contribution < 1.29 is 18.7 Å². The Balaban J connectivity index is 1.07. The second-order valence-corrected chi connectivity index (χ2v) is 12.4. The van der Waals surface area contributed by atoms with Gasteiger partial charge < -0.3 is 18.6 Å². The zero-order valence-corrected chi connectivity index (χ0v) is 27.3. The molecular formula is C35H36FN7O3S. The Bertz CT molecular complexity index is 1910. The highest BCUT2D eigenvalue weighted by Crippen LogP contribution is 2.25. The van der Waals surface area contributed by atoms with Crippen LogP contribution in [0, 0.1) is 17.1 Å². The first-order valence-electron chi connectivity index (χ1n) is 15.6. The molecule has 1 saturated heterocycles. The van der Waals surface area contributed by atoms with Crippen molar-refractivity contribution in [1.82, 2.24) is 29.0 Å². The number of aryl methyl sites for hydroxylation is 1. The molecule has 6 rings (SSSR count). The number of aromatic nitrogens is 5. The molecule has 0 amide bonds. The van der Waals surface area contributed by atoms with Gasteiger partial charge in [-0.25, -0.2) is 24.1 Å². The molecule has 0 N–H and O–H groups in total. The number of methoxy groups -OCH3 is 1. The molecule has 47 heavy (non-hydrogen) atoms. The summed E-state index contributed by atoms with van der Waals surface area (Å²) < 4.78 is 29.8. The highest BCUT2D eigenvalue weighted by atomic mass is 32.2. The van der Waals surface area contributed by atoms with Crippen molar-refractivity contribution in [3.63, 3.8) is 0 Å². The lowest BCUT2D eigenvalue weighted by Crippen LogP contribution is -2.38. The standard InChI is InChI=1S/C35H36FN7O3S/c1-3-42-23-38-18-28(42)19-43-32-16-25(35(44)45-2)9-10-31(32)40-33(43)20-41-13-11-29(12-14-41)46-34-6-4-5-27(39-34)22-47-21-26-8-7-24(17-37)15-30(26)36/h4-10,15-16,18,23,29H,3,11-14,19-22H2,1-2H3. The van der Waals surface area contributed by atoms with Crippen LogP contribution >= 0.6 is 11.8 Å². The molecule has 3 aromatic heterocycles. The molecule has 12 heteroatoms. The summed E-state index contributed by atoms with van der Waals surface area (Å²) in [7, 11) is 1.39. The molecule has 1 aliphatic heterocycles. The molecule has 0 aliphatic carbocycles. The highest BCUT2D eigenvalue weighted by Gasteiger charge is 2.24. The Morgan fingerprint density at radius 3 is 2.70 bits per heavy atom. The zero-order chi connectivity index (χ0) is 32.8. The Kier molecular flexibility index (Phi) is 10.1. The molecule has 4 heterocycles. The van der Waals surface area contributed by atoms with E-state index in [0.717, 1.165) is 60.7 Å². The molecule has 0 spiro atoms. The first kappa shape index (κ1) is 32.2. The minimum atomic E-state index is -0.376. The summed E-state index contributed by atoms with van der Waals surface area (Å²) in [5.41, 5.74) is 5.04. The third kappa shape index (κ3) is 7.64.